The van der Waals surface area contributed by atoms with E-state index in [1.54, 1.807) is 22.5 Å². The maximum absolute atomic E-state index is 12.6. The fourth-order valence-corrected chi connectivity index (χ4v) is 4.13. The molecule has 0 unspecified atom stereocenters. The van der Waals surface area contributed by atoms with Crippen molar-refractivity contribution in [3.05, 3.63) is 29.3 Å². The van der Waals surface area contributed by atoms with Crippen LogP contribution in [-0.2, 0) is 10.0 Å². The number of piperazine rings is 1. The lowest BCUT2D eigenvalue weighted by atomic mass is 10.1. The summed E-state index contributed by atoms with van der Waals surface area (Å²) in [5.41, 5.74) is 0. The predicted molar refractivity (Wildman–Crippen MR) is 86.1 cm³/mol. The molecule has 21 heavy (non-hydrogen) atoms. The van der Waals surface area contributed by atoms with Crippen molar-refractivity contribution < 1.29 is 8.42 Å². The molecule has 0 aliphatic carbocycles. The first-order valence-corrected chi connectivity index (χ1v) is 9.19. The highest BCUT2D eigenvalue weighted by Gasteiger charge is 2.28. The normalized spacial score (nSPS) is 18.3. The highest BCUT2D eigenvalue weighted by Crippen LogP contribution is 2.21. The van der Waals surface area contributed by atoms with E-state index in [2.05, 4.69) is 18.7 Å². The SMILES string of the molecule is CC(C)CCN1CCN(S(=O)(=O)c2cccc(Cl)c2)CC1. The molecular weight excluding hydrogens is 308 g/mol. The van der Waals surface area contributed by atoms with Gasteiger partial charge in [-0.25, -0.2) is 8.42 Å². The van der Waals surface area contributed by atoms with Gasteiger partial charge in [0.1, 0.15) is 0 Å². The third-order valence-electron chi connectivity index (χ3n) is 3.79. The summed E-state index contributed by atoms with van der Waals surface area (Å²) < 4.78 is 26.7. The van der Waals surface area contributed by atoms with E-state index in [-0.39, 0.29) is 4.90 Å². The largest absolute Gasteiger partial charge is 0.301 e. The molecule has 1 aliphatic rings. The first kappa shape index (κ1) is 16.7. The predicted octanol–water partition coefficient (Wildman–Crippen LogP) is 2.69. The molecule has 0 spiro atoms. The van der Waals surface area contributed by atoms with Crippen LogP contribution in [-0.4, -0.2) is 50.3 Å². The average Bonchev–Trinajstić information content (AvgIpc) is 2.45. The van der Waals surface area contributed by atoms with E-state index in [1.165, 1.54) is 6.07 Å². The van der Waals surface area contributed by atoms with E-state index in [9.17, 15) is 8.42 Å². The lowest BCUT2D eigenvalue weighted by molar-refractivity contribution is 0.180. The summed E-state index contributed by atoms with van der Waals surface area (Å²) in [6, 6.07) is 6.48. The molecule has 6 heteroatoms. The van der Waals surface area contributed by atoms with Crippen molar-refractivity contribution in [3.63, 3.8) is 0 Å². The van der Waals surface area contributed by atoms with Gasteiger partial charge in [0.2, 0.25) is 10.0 Å². The Kier molecular flexibility index (Phi) is 5.66. The van der Waals surface area contributed by atoms with Crippen LogP contribution >= 0.6 is 11.6 Å². The number of rotatable bonds is 5. The summed E-state index contributed by atoms with van der Waals surface area (Å²) >= 11 is 5.89. The molecule has 0 saturated carbocycles. The fourth-order valence-electron chi connectivity index (χ4n) is 2.41. The highest BCUT2D eigenvalue weighted by atomic mass is 35.5. The van der Waals surface area contributed by atoms with Crippen LogP contribution < -0.4 is 0 Å². The van der Waals surface area contributed by atoms with Crippen LogP contribution in [0.3, 0.4) is 0 Å². The van der Waals surface area contributed by atoms with E-state index >= 15 is 0 Å². The lowest BCUT2D eigenvalue weighted by Gasteiger charge is -2.34. The quantitative estimate of drug-likeness (QED) is 0.833. The molecule has 1 aromatic carbocycles. The summed E-state index contributed by atoms with van der Waals surface area (Å²) in [5.74, 6) is 0.679. The second-order valence-electron chi connectivity index (χ2n) is 5.89. The minimum atomic E-state index is -3.42. The Morgan fingerprint density at radius 3 is 2.43 bits per heavy atom. The van der Waals surface area contributed by atoms with Gasteiger partial charge in [0.15, 0.2) is 0 Å². The number of halogens is 1. The molecule has 1 saturated heterocycles. The summed E-state index contributed by atoms with van der Waals surface area (Å²) in [6.07, 6.45) is 1.15. The molecule has 4 nitrogen and oxygen atoms in total. The maximum Gasteiger partial charge on any atom is 0.243 e. The number of nitrogens with zero attached hydrogens (tertiary/aromatic N) is 2. The number of hydrogen-bond donors (Lipinski definition) is 0. The van der Waals surface area contributed by atoms with Crippen molar-refractivity contribution in [3.8, 4) is 0 Å². The van der Waals surface area contributed by atoms with Gasteiger partial charge in [-0.3, -0.25) is 0 Å². The third-order valence-corrected chi connectivity index (χ3v) is 5.92. The third kappa shape index (κ3) is 4.42. The second kappa shape index (κ2) is 7.09. The van der Waals surface area contributed by atoms with Gasteiger partial charge in [-0.1, -0.05) is 31.5 Å². The zero-order valence-corrected chi connectivity index (χ0v) is 14.2. The topological polar surface area (TPSA) is 40.6 Å². The van der Waals surface area contributed by atoms with Crippen LogP contribution in [0.2, 0.25) is 5.02 Å². The van der Waals surface area contributed by atoms with Gasteiger partial charge in [0, 0.05) is 31.2 Å². The summed E-state index contributed by atoms with van der Waals surface area (Å²) in [5, 5.41) is 0.451. The monoisotopic (exact) mass is 330 g/mol. The molecule has 1 aromatic rings. The molecule has 0 N–H and O–H groups in total. The molecule has 0 aromatic heterocycles. The molecule has 2 rings (SSSR count). The Labute approximate surface area is 132 Å². The Hall–Kier alpha value is -0.620. The Balaban J connectivity index is 1.98. The molecule has 1 aliphatic heterocycles. The molecule has 1 fully saturated rings. The van der Waals surface area contributed by atoms with Gasteiger partial charge < -0.3 is 4.90 Å². The first-order valence-electron chi connectivity index (χ1n) is 7.37. The van der Waals surface area contributed by atoms with E-state index < -0.39 is 10.0 Å². The zero-order chi connectivity index (χ0) is 15.5. The van der Waals surface area contributed by atoms with Crippen LogP contribution in [0.4, 0.5) is 0 Å². The molecule has 118 valence electrons. The highest BCUT2D eigenvalue weighted by molar-refractivity contribution is 7.89. The summed E-state index contributed by atoms with van der Waals surface area (Å²) in [4.78, 5) is 2.62. The molecule has 0 bridgehead atoms. The molecule has 0 radical (unpaired) electrons. The van der Waals surface area contributed by atoms with Crippen molar-refractivity contribution in [2.75, 3.05) is 32.7 Å². The molecule has 0 amide bonds. The number of hydrogen-bond acceptors (Lipinski definition) is 3. The van der Waals surface area contributed by atoms with Crippen LogP contribution in [0.1, 0.15) is 20.3 Å². The molecule has 1 heterocycles. The van der Waals surface area contributed by atoms with Crippen molar-refractivity contribution >= 4 is 21.6 Å². The van der Waals surface area contributed by atoms with Gasteiger partial charge in [0.25, 0.3) is 0 Å². The van der Waals surface area contributed by atoms with E-state index in [0.29, 0.717) is 24.0 Å². The average molecular weight is 331 g/mol. The van der Waals surface area contributed by atoms with Crippen LogP contribution in [0.5, 0.6) is 0 Å². The minimum Gasteiger partial charge on any atom is -0.301 e. The van der Waals surface area contributed by atoms with Crippen molar-refractivity contribution in [2.24, 2.45) is 5.92 Å². The van der Waals surface area contributed by atoms with Crippen molar-refractivity contribution in [2.45, 2.75) is 25.2 Å². The van der Waals surface area contributed by atoms with Gasteiger partial charge in [-0.05, 0) is 37.1 Å². The number of sulfonamides is 1. The Morgan fingerprint density at radius 1 is 1.19 bits per heavy atom. The Bertz CT molecular complexity index is 567. The summed E-state index contributed by atoms with van der Waals surface area (Å²) in [7, 11) is -3.42. The number of benzene rings is 1. The van der Waals surface area contributed by atoms with Gasteiger partial charge in [0.05, 0.1) is 4.90 Å². The van der Waals surface area contributed by atoms with E-state index in [1.807, 2.05) is 0 Å². The zero-order valence-electron chi connectivity index (χ0n) is 12.6. The standard InChI is InChI=1S/C15H23ClN2O2S/c1-13(2)6-7-17-8-10-18(11-9-17)21(19,20)15-5-3-4-14(16)12-15/h3-5,12-13H,6-11H2,1-2H3. The molecular formula is C15H23ClN2O2S. The maximum atomic E-state index is 12.6. The van der Waals surface area contributed by atoms with Crippen LogP contribution in [0.25, 0.3) is 0 Å². The second-order valence-corrected chi connectivity index (χ2v) is 8.26. The van der Waals surface area contributed by atoms with E-state index in [0.717, 1.165) is 26.1 Å². The van der Waals surface area contributed by atoms with Crippen molar-refractivity contribution in [1.29, 1.82) is 0 Å². The van der Waals surface area contributed by atoms with Gasteiger partial charge in [-0.2, -0.15) is 4.31 Å². The first-order chi connectivity index (χ1) is 9.89. The van der Waals surface area contributed by atoms with Crippen molar-refractivity contribution in [1.82, 2.24) is 9.21 Å². The lowest BCUT2D eigenvalue weighted by Crippen LogP contribution is -2.48. The molecule has 0 atom stereocenters. The van der Waals surface area contributed by atoms with Crippen LogP contribution in [0.15, 0.2) is 29.2 Å². The Morgan fingerprint density at radius 2 is 1.86 bits per heavy atom. The van der Waals surface area contributed by atoms with Crippen LogP contribution in [0, 0.1) is 5.92 Å². The van der Waals surface area contributed by atoms with Gasteiger partial charge in [-0.15, -0.1) is 0 Å². The fraction of sp³-hybridized carbons (Fsp3) is 0.600. The summed E-state index contributed by atoms with van der Waals surface area (Å²) in [6.45, 7) is 8.15. The smallest absolute Gasteiger partial charge is 0.243 e. The van der Waals surface area contributed by atoms with E-state index in [4.69, 9.17) is 11.6 Å². The minimum absolute atomic E-state index is 0.283. The van der Waals surface area contributed by atoms with Gasteiger partial charge >= 0.3 is 0 Å².